The Bertz CT molecular complexity index is 1820. The van der Waals surface area contributed by atoms with Crippen molar-refractivity contribution in [3.8, 4) is 17.0 Å². The van der Waals surface area contributed by atoms with Gasteiger partial charge in [-0.3, -0.25) is 14.6 Å². The molecule has 4 aromatic rings. The van der Waals surface area contributed by atoms with Gasteiger partial charge in [-0.25, -0.2) is 9.37 Å². The minimum Gasteiger partial charge on any atom is -0.489 e. The molecule has 0 saturated carbocycles. The number of carbonyl (C=O) groups is 2. The molecule has 0 aliphatic carbocycles. The van der Waals surface area contributed by atoms with E-state index < -0.39 is 47.1 Å². The number of rotatable bonds is 6. The summed E-state index contributed by atoms with van der Waals surface area (Å²) in [4.78, 5) is 33.7. The standard InChI is InChI=1S/C29H22Cl2F4N4O4/c1-13-5-14-6-15(7-20(31)22(14)37-10-13)25(40)38-11-28(42,29(33,34)35)21-9-18-24(43-12-27(18,2)26(36)41)23(39-21)17-4-3-16(32)8-19(17)30/h3-10,42H,11-12H2,1-2H3,(H2,36,41)(H,38,40)/t27-,28?/m0/s1. The second kappa shape index (κ2) is 10.6. The van der Waals surface area contributed by atoms with Crippen LogP contribution in [0, 0.1) is 12.7 Å². The summed E-state index contributed by atoms with van der Waals surface area (Å²) in [6.45, 7) is 1.40. The van der Waals surface area contributed by atoms with E-state index in [4.69, 9.17) is 33.7 Å². The van der Waals surface area contributed by atoms with Gasteiger partial charge in [0, 0.05) is 28.3 Å². The minimum absolute atomic E-state index is 0.0295. The SMILES string of the molecule is Cc1cnc2c(Cl)cc(C(=O)NCC(O)(c3cc4c(c(-c5ccc(F)cc5Cl)n3)OC[C@]4(C)C(N)=O)C(F)(F)F)cc2c1. The van der Waals surface area contributed by atoms with E-state index in [-0.39, 0.29) is 44.8 Å². The summed E-state index contributed by atoms with van der Waals surface area (Å²) in [5, 5.41) is 13.7. The summed E-state index contributed by atoms with van der Waals surface area (Å²) in [6.07, 6.45) is -3.82. The number of benzene rings is 2. The van der Waals surface area contributed by atoms with Crippen LogP contribution in [0.2, 0.25) is 10.0 Å². The van der Waals surface area contributed by atoms with Gasteiger partial charge in [0.2, 0.25) is 11.5 Å². The van der Waals surface area contributed by atoms with Crippen LogP contribution in [0.3, 0.4) is 0 Å². The van der Waals surface area contributed by atoms with E-state index >= 15 is 0 Å². The predicted octanol–water partition coefficient (Wildman–Crippen LogP) is 5.37. The van der Waals surface area contributed by atoms with E-state index in [0.29, 0.717) is 10.9 Å². The van der Waals surface area contributed by atoms with Crippen LogP contribution in [-0.2, 0) is 15.8 Å². The molecule has 8 nitrogen and oxygen atoms in total. The highest BCUT2D eigenvalue weighted by atomic mass is 35.5. The molecule has 43 heavy (non-hydrogen) atoms. The fourth-order valence-electron chi connectivity index (χ4n) is 4.76. The number of aliphatic hydroxyl groups is 1. The quantitative estimate of drug-likeness (QED) is 0.244. The molecule has 1 aliphatic heterocycles. The number of alkyl halides is 3. The number of aromatic nitrogens is 2. The number of hydrogen-bond acceptors (Lipinski definition) is 6. The number of nitrogens with zero attached hydrogens (tertiary/aromatic N) is 2. The lowest BCUT2D eigenvalue weighted by molar-refractivity contribution is -0.265. The Hall–Kier alpha value is -4.00. The van der Waals surface area contributed by atoms with Gasteiger partial charge in [0.25, 0.3) is 5.91 Å². The molecule has 5 rings (SSSR count). The largest absolute Gasteiger partial charge is 0.489 e. The van der Waals surface area contributed by atoms with E-state index in [1.165, 1.54) is 25.1 Å². The summed E-state index contributed by atoms with van der Waals surface area (Å²) in [5.74, 6) is -2.72. The van der Waals surface area contributed by atoms with Crippen LogP contribution in [0.4, 0.5) is 17.6 Å². The van der Waals surface area contributed by atoms with Crippen molar-refractivity contribution in [2.45, 2.75) is 31.0 Å². The minimum atomic E-state index is -5.39. The molecular formula is C29H22Cl2F4N4O4. The predicted molar refractivity (Wildman–Crippen MR) is 150 cm³/mol. The zero-order valence-corrected chi connectivity index (χ0v) is 24.0. The zero-order valence-electron chi connectivity index (χ0n) is 22.4. The van der Waals surface area contributed by atoms with Crippen molar-refractivity contribution in [3.63, 3.8) is 0 Å². The van der Waals surface area contributed by atoms with E-state index in [1.54, 1.807) is 19.2 Å². The highest BCUT2D eigenvalue weighted by molar-refractivity contribution is 6.35. The fraction of sp³-hybridized carbons (Fsp3) is 0.241. The number of pyridine rings is 2. The molecule has 2 amide bonds. The molecule has 2 aromatic carbocycles. The molecule has 4 N–H and O–H groups in total. The number of nitrogens with two attached hydrogens (primary N) is 1. The van der Waals surface area contributed by atoms with Crippen LogP contribution in [-0.4, -0.2) is 46.2 Å². The smallest absolute Gasteiger partial charge is 0.424 e. The number of hydrogen-bond donors (Lipinski definition) is 3. The number of aryl methyl sites for hydroxylation is 1. The van der Waals surface area contributed by atoms with Crippen LogP contribution >= 0.6 is 23.2 Å². The Morgan fingerprint density at radius 3 is 2.51 bits per heavy atom. The molecule has 14 heteroatoms. The summed E-state index contributed by atoms with van der Waals surface area (Å²) < 4.78 is 63.4. The average molecular weight is 637 g/mol. The number of carbonyl (C=O) groups excluding carboxylic acids is 2. The molecular weight excluding hydrogens is 615 g/mol. The topological polar surface area (TPSA) is 127 Å². The first-order valence-corrected chi connectivity index (χ1v) is 13.4. The van der Waals surface area contributed by atoms with Crippen molar-refractivity contribution >= 4 is 45.9 Å². The van der Waals surface area contributed by atoms with Crippen molar-refractivity contribution in [3.05, 3.63) is 86.9 Å². The Kier molecular flexibility index (Phi) is 7.52. The molecule has 0 bridgehead atoms. The van der Waals surface area contributed by atoms with Crippen LogP contribution in [0.5, 0.6) is 5.75 Å². The normalized spacial score (nSPS) is 17.7. The van der Waals surface area contributed by atoms with E-state index in [1.807, 2.05) is 0 Å². The van der Waals surface area contributed by atoms with Gasteiger partial charge >= 0.3 is 6.18 Å². The maximum absolute atomic E-state index is 14.7. The lowest BCUT2D eigenvalue weighted by atomic mass is 9.81. The number of halogens is 6. The van der Waals surface area contributed by atoms with Gasteiger partial charge in [0.15, 0.2) is 0 Å². The fourth-order valence-corrected chi connectivity index (χ4v) is 5.29. The molecule has 224 valence electrons. The molecule has 2 atom stereocenters. The maximum Gasteiger partial charge on any atom is 0.424 e. The number of nitrogens with one attached hydrogen (secondary N) is 1. The molecule has 1 aliphatic rings. The molecule has 3 heterocycles. The summed E-state index contributed by atoms with van der Waals surface area (Å²) >= 11 is 12.5. The number of amides is 2. The molecule has 0 radical (unpaired) electrons. The first-order valence-electron chi connectivity index (χ1n) is 12.6. The van der Waals surface area contributed by atoms with Gasteiger partial charge in [0.1, 0.15) is 29.3 Å². The molecule has 0 fully saturated rings. The summed E-state index contributed by atoms with van der Waals surface area (Å²) in [5.41, 5.74) is -0.134. The van der Waals surface area contributed by atoms with Crippen LogP contribution in [0.25, 0.3) is 22.2 Å². The number of primary amides is 1. The Balaban J connectivity index is 1.61. The highest BCUT2D eigenvalue weighted by Crippen LogP contribution is 2.48. The Morgan fingerprint density at radius 2 is 1.86 bits per heavy atom. The van der Waals surface area contributed by atoms with Gasteiger partial charge < -0.3 is 20.9 Å². The third-order valence-electron chi connectivity index (χ3n) is 7.34. The van der Waals surface area contributed by atoms with Crippen molar-refractivity contribution < 1.29 is 37.0 Å². The first kappa shape index (κ1) is 30.5. The molecule has 1 unspecified atom stereocenters. The summed E-state index contributed by atoms with van der Waals surface area (Å²) in [7, 11) is 0. The summed E-state index contributed by atoms with van der Waals surface area (Å²) in [6, 6.07) is 8.29. The average Bonchev–Trinajstić information content (AvgIpc) is 3.28. The Morgan fingerprint density at radius 1 is 1.14 bits per heavy atom. The van der Waals surface area contributed by atoms with E-state index in [0.717, 1.165) is 23.8 Å². The first-order chi connectivity index (χ1) is 20.0. The van der Waals surface area contributed by atoms with Crippen molar-refractivity contribution in [2.75, 3.05) is 13.2 Å². The lowest BCUT2D eigenvalue weighted by Crippen LogP contribution is -2.51. The zero-order chi connectivity index (χ0) is 31.5. The second-order valence-electron chi connectivity index (χ2n) is 10.4. The van der Waals surface area contributed by atoms with Crippen LogP contribution in [0.1, 0.15) is 34.1 Å². The molecule has 0 saturated heterocycles. The van der Waals surface area contributed by atoms with E-state index in [9.17, 15) is 32.3 Å². The maximum atomic E-state index is 14.7. The van der Waals surface area contributed by atoms with Crippen LogP contribution < -0.4 is 15.8 Å². The number of ether oxygens (including phenoxy) is 1. The van der Waals surface area contributed by atoms with Crippen LogP contribution in [0.15, 0.2) is 48.7 Å². The molecule has 0 spiro atoms. The lowest BCUT2D eigenvalue weighted by Gasteiger charge is -2.31. The third kappa shape index (κ3) is 5.23. The van der Waals surface area contributed by atoms with Crippen molar-refractivity contribution in [1.29, 1.82) is 0 Å². The van der Waals surface area contributed by atoms with Gasteiger partial charge in [0.05, 0.1) is 27.8 Å². The third-order valence-corrected chi connectivity index (χ3v) is 7.94. The second-order valence-corrected chi connectivity index (χ2v) is 11.2. The van der Waals surface area contributed by atoms with Gasteiger partial charge in [-0.1, -0.05) is 23.2 Å². The van der Waals surface area contributed by atoms with Gasteiger partial charge in [-0.05, 0) is 61.9 Å². The monoisotopic (exact) mass is 636 g/mol. The van der Waals surface area contributed by atoms with Crippen molar-refractivity contribution in [2.24, 2.45) is 5.73 Å². The number of fused-ring (bicyclic) bond motifs is 2. The van der Waals surface area contributed by atoms with E-state index in [2.05, 4.69) is 15.3 Å². The highest BCUT2D eigenvalue weighted by Gasteiger charge is 2.57. The Labute approximate surface area is 251 Å². The van der Waals surface area contributed by atoms with Crippen molar-refractivity contribution in [1.82, 2.24) is 15.3 Å². The van der Waals surface area contributed by atoms with Gasteiger partial charge in [-0.2, -0.15) is 13.2 Å². The molecule has 2 aromatic heterocycles. The van der Waals surface area contributed by atoms with Gasteiger partial charge in [-0.15, -0.1) is 0 Å².